The molecule has 0 bridgehead atoms. The summed E-state index contributed by atoms with van der Waals surface area (Å²) in [6.07, 6.45) is 7.05. The van der Waals surface area contributed by atoms with Crippen molar-refractivity contribution in [2.24, 2.45) is 0 Å². The van der Waals surface area contributed by atoms with Crippen molar-refractivity contribution < 1.29 is 4.42 Å². The van der Waals surface area contributed by atoms with Crippen LogP contribution in [0.5, 0.6) is 0 Å². The maximum absolute atomic E-state index is 5.32. The van der Waals surface area contributed by atoms with Crippen LogP contribution in [0.1, 0.15) is 31.4 Å². The van der Waals surface area contributed by atoms with Gasteiger partial charge in [0, 0.05) is 6.04 Å². The lowest BCUT2D eigenvalue weighted by atomic mass is 10.3. The standard InChI is InChI=1S/C13H22N2O/c1-15(11-13-5-4-10-16-13)9-3-2-8-14-12-6-7-12/h4-5,10,12,14H,2-3,6-9,11H2,1H3. The maximum Gasteiger partial charge on any atom is 0.117 e. The second-order valence-corrected chi connectivity index (χ2v) is 4.75. The summed E-state index contributed by atoms with van der Waals surface area (Å²) in [6, 6.07) is 4.83. The minimum absolute atomic E-state index is 0.848. The lowest BCUT2D eigenvalue weighted by molar-refractivity contribution is 0.288. The number of unbranched alkanes of at least 4 members (excludes halogenated alkanes) is 1. The SMILES string of the molecule is CN(CCCCNC1CC1)Cc1ccco1. The van der Waals surface area contributed by atoms with Gasteiger partial charge in [0.2, 0.25) is 0 Å². The average Bonchev–Trinajstić information content (AvgIpc) is 2.95. The first-order valence-electron chi connectivity index (χ1n) is 6.29. The van der Waals surface area contributed by atoms with E-state index in [4.69, 9.17) is 4.42 Å². The van der Waals surface area contributed by atoms with E-state index in [-0.39, 0.29) is 0 Å². The number of nitrogens with zero attached hydrogens (tertiary/aromatic N) is 1. The van der Waals surface area contributed by atoms with Gasteiger partial charge in [-0.1, -0.05) is 0 Å². The Kier molecular flexibility index (Phi) is 4.43. The zero-order valence-corrected chi connectivity index (χ0v) is 10.1. The Balaban J connectivity index is 1.48. The van der Waals surface area contributed by atoms with Gasteiger partial charge >= 0.3 is 0 Å². The van der Waals surface area contributed by atoms with Crippen molar-refractivity contribution in [3.63, 3.8) is 0 Å². The first-order chi connectivity index (χ1) is 7.84. The summed E-state index contributed by atoms with van der Waals surface area (Å²) >= 11 is 0. The molecule has 1 aliphatic carbocycles. The molecule has 0 unspecified atom stereocenters. The molecule has 1 saturated carbocycles. The van der Waals surface area contributed by atoms with Crippen molar-refractivity contribution in [1.82, 2.24) is 10.2 Å². The van der Waals surface area contributed by atoms with E-state index >= 15 is 0 Å². The predicted molar refractivity (Wildman–Crippen MR) is 65.3 cm³/mol. The summed E-state index contributed by atoms with van der Waals surface area (Å²) in [7, 11) is 2.15. The Bertz CT molecular complexity index is 280. The van der Waals surface area contributed by atoms with Gasteiger partial charge in [0.15, 0.2) is 0 Å². The normalized spacial score (nSPS) is 15.9. The fourth-order valence-corrected chi connectivity index (χ4v) is 1.85. The highest BCUT2D eigenvalue weighted by Crippen LogP contribution is 2.18. The molecule has 1 N–H and O–H groups in total. The van der Waals surface area contributed by atoms with Crippen LogP contribution in [0.4, 0.5) is 0 Å². The number of hydrogen-bond donors (Lipinski definition) is 1. The lowest BCUT2D eigenvalue weighted by Gasteiger charge is -2.14. The zero-order valence-electron chi connectivity index (χ0n) is 10.1. The highest BCUT2D eigenvalue weighted by atomic mass is 16.3. The third-order valence-corrected chi connectivity index (χ3v) is 2.98. The molecular formula is C13H22N2O. The van der Waals surface area contributed by atoms with E-state index < -0.39 is 0 Å². The van der Waals surface area contributed by atoms with E-state index in [0.717, 1.165) is 24.9 Å². The molecule has 0 atom stereocenters. The lowest BCUT2D eigenvalue weighted by Crippen LogP contribution is -2.21. The predicted octanol–water partition coefficient (Wildman–Crippen LogP) is 2.24. The number of nitrogens with one attached hydrogen (secondary N) is 1. The molecule has 3 nitrogen and oxygen atoms in total. The van der Waals surface area contributed by atoms with Crippen LogP contribution in [0.2, 0.25) is 0 Å². The summed E-state index contributed by atoms with van der Waals surface area (Å²) in [5.74, 6) is 1.05. The van der Waals surface area contributed by atoms with Crippen molar-refractivity contribution >= 4 is 0 Å². The van der Waals surface area contributed by atoms with E-state index in [1.165, 1.54) is 32.2 Å². The van der Waals surface area contributed by atoms with Crippen LogP contribution in [0.15, 0.2) is 22.8 Å². The van der Waals surface area contributed by atoms with E-state index in [1.54, 1.807) is 6.26 Å². The van der Waals surface area contributed by atoms with Gasteiger partial charge < -0.3 is 9.73 Å². The molecule has 0 amide bonds. The van der Waals surface area contributed by atoms with E-state index in [9.17, 15) is 0 Å². The Labute approximate surface area is 97.8 Å². The molecule has 0 aliphatic heterocycles. The van der Waals surface area contributed by atoms with Crippen molar-refractivity contribution in [2.75, 3.05) is 20.1 Å². The van der Waals surface area contributed by atoms with Gasteiger partial charge in [-0.05, 0) is 58.0 Å². The fourth-order valence-electron chi connectivity index (χ4n) is 1.85. The van der Waals surface area contributed by atoms with Gasteiger partial charge in [0.05, 0.1) is 12.8 Å². The fraction of sp³-hybridized carbons (Fsp3) is 0.692. The third-order valence-electron chi connectivity index (χ3n) is 2.98. The molecule has 2 rings (SSSR count). The highest BCUT2D eigenvalue weighted by molar-refractivity contribution is 4.97. The zero-order chi connectivity index (χ0) is 11.2. The van der Waals surface area contributed by atoms with Gasteiger partial charge in [-0.25, -0.2) is 0 Å². The monoisotopic (exact) mass is 222 g/mol. The Morgan fingerprint density at radius 2 is 2.31 bits per heavy atom. The van der Waals surface area contributed by atoms with Crippen molar-refractivity contribution in [3.8, 4) is 0 Å². The summed E-state index contributed by atoms with van der Waals surface area (Å²) in [6.45, 7) is 3.25. The van der Waals surface area contributed by atoms with Crippen molar-refractivity contribution in [1.29, 1.82) is 0 Å². The molecule has 1 aromatic heterocycles. The van der Waals surface area contributed by atoms with Crippen LogP contribution < -0.4 is 5.32 Å². The molecule has 1 fully saturated rings. The smallest absolute Gasteiger partial charge is 0.117 e. The highest BCUT2D eigenvalue weighted by Gasteiger charge is 2.19. The first-order valence-corrected chi connectivity index (χ1v) is 6.29. The topological polar surface area (TPSA) is 28.4 Å². The van der Waals surface area contributed by atoms with Crippen molar-refractivity contribution in [2.45, 2.75) is 38.3 Å². The molecule has 3 heteroatoms. The van der Waals surface area contributed by atoms with Gasteiger partial charge in [-0.2, -0.15) is 0 Å². The van der Waals surface area contributed by atoms with Crippen LogP contribution in [0, 0.1) is 0 Å². The van der Waals surface area contributed by atoms with Gasteiger partial charge in [-0.3, -0.25) is 4.90 Å². The molecule has 16 heavy (non-hydrogen) atoms. The molecule has 0 aromatic carbocycles. The number of hydrogen-bond acceptors (Lipinski definition) is 3. The van der Waals surface area contributed by atoms with Crippen LogP contribution in [0.25, 0.3) is 0 Å². The third kappa shape index (κ3) is 4.37. The van der Waals surface area contributed by atoms with E-state index in [1.807, 2.05) is 12.1 Å². The largest absolute Gasteiger partial charge is 0.468 e. The van der Waals surface area contributed by atoms with Gasteiger partial charge in [0.1, 0.15) is 5.76 Å². The summed E-state index contributed by atoms with van der Waals surface area (Å²) in [5, 5.41) is 3.54. The number of rotatable bonds is 8. The van der Waals surface area contributed by atoms with Crippen molar-refractivity contribution in [3.05, 3.63) is 24.2 Å². The Morgan fingerprint density at radius 1 is 1.44 bits per heavy atom. The molecule has 0 radical (unpaired) electrons. The molecule has 1 aromatic rings. The van der Waals surface area contributed by atoms with Gasteiger partial charge in [0.25, 0.3) is 0 Å². The molecule has 0 spiro atoms. The Hall–Kier alpha value is -0.800. The summed E-state index contributed by atoms with van der Waals surface area (Å²) in [5.41, 5.74) is 0. The molecular weight excluding hydrogens is 200 g/mol. The maximum atomic E-state index is 5.32. The summed E-state index contributed by atoms with van der Waals surface area (Å²) in [4.78, 5) is 2.32. The molecule has 1 aliphatic rings. The van der Waals surface area contributed by atoms with E-state index in [2.05, 4.69) is 17.3 Å². The van der Waals surface area contributed by atoms with Gasteiger partial charge in [-0.15, -0.1) is 0 Å². The minimum atomic E-state index is 0.848. The van der Waals surface area contributed by atoms with E-state index in [0.29, 0.717) is 0 Å². The second-order valence-electron chi connectivity index (χ2n) is 4.75. The van der Waals surface area contributed by atoms with Crippen LogP contribution in [-0.2, 0) is 6.54 Å². The van der Waals surface area contributed by atoms with Crippen LogP contribution in [0.3, 0.4) is 0 Å². The Morgan fingerprint density at radius 3 is 3.00 bits per heavy atom. The average molecular weight is 222 g/mol. The number of furan rings is 1. The summed E-state index contributed by atoms with van der Waals surface area (Å²) < 4.78 is 5.32. The molecule has 1 heterocycles. The molecule has 0 saturated heterocycles. The first kappa shape index (κ1) is 11.7. The van der Waals surface area contributed by atoms with Crippen LogP contribution in [-0.4, -0.2) is 31.1 Å². The minimum Gasteiger partial charge on any atom is -0.468 e. The quantitative estimate of drug-likeness (QED) is 0.684. The molecule has 90 valence electrons. The van der Waals surface area contributed by atoms with Crippen LogP contribution >= 0.6 is 0 Å². The second kappa shape index (κ2) is 6.06.